The van der Waals surface area contributed by atoms with Gasteiger partial charge in [0.25, 0.3) is 0 Å². The molecular formula is C22H32O4. The minimum absolute atomic E-state index is 0.0401. The number of hydrogen-bond acceptors (Lipinski definition) is 3. The minimum Gasteiger partial charge on any atom is -0.481 e. The SMILES string of the molecule is C#CC1CC(=O)[C@H](CCCCCCC(=O)O)[C@H]1C=CC(=O)CCCCC. The number of carboxylic acids is 1. The highest BCUT2D eigenvalue weighted by molar-refractivity contribution is 5.90. The third-order valence-corrected chi connectivity index (χ3v) is 5.16. The van der Waals surface area contributed by atoms with Gasteiger partial charge in [0.15, 0.2) is 5.78 Å². The van der Waals surface area contributed by atoms with Crippen molar-refractivity contribution in [3.63, 3.8) is 0 Å². The lowest BCUT2D eigenvalue weighted by molar-refractivity contribution is -0.137. The molecule has 4 nitrogen and oxygen atoms in total. The second-order valence-corrected chi connectivity index (χ2v) is 7.26. The summed E-state index contributed by atoms with van der Waals surface area (Å²) in [6.45, 7) is 2.11. The normalized spacial score (nSPS) is 22.6. The van der Waals surface area contributed by atoms with Crippen LogP contribution >= 0.6 is 0 Å². The molecule has 1 fully saturated rings. The number of terminal acetylenes is 1. The third-order valence-electron chi connectivity index (χ3n) is 5.16. The van der Waals surface area contributed by atoms with Crippen LogP contribution in [0.3, 0.4) is 0 Å². The van der Waals surface area contributed by atoms with E-state index in [1.165, 1.54) is 0 Å². The molecule has 0 saturated heterocycles. The summed E-state index contributed by atoms with van der Waals surface area (Å²) in [7, 11) is 0. The highest BCUT2D eigenvalue weighted by Crippen LogP contribution is 2.38. The number of carboxylic acid groups (broad SMARTS) is 1. The number of aliphatic carboxylic acids is 1. The Labute approximate surface area is 157 Å². The lowest BCUT2D eigenvalue weighted by Gasteiger charge is -2.17. The summed E-state index contributed by atoms with van der Waals surface area (Å²) in [6, 6.07) is 0. The largest absolute Gasteiger partial charge is 0.481 e. The van der Waals surface area contributed by atoms with Gasteiger partial charge in [-0.25, -0.2) is 0 Å². The average molecular weight is 360 g/mol. The Kier molecular flexibility index (Phi) is 10.6. The predicted octanol–water partition coefficient (Wildman–Crippen LogP) is 4.57. The summed E-state index contributed by atoms with van der Waals surface area (Å²) in [4.78, 5) is 34.8. The minimum atomic E-state index is -0.762. The van der Waals surface area contributed by atoms with Crippen LogP contribution in [-0.2, 0) is 14.4 Å². The van der Waals surface area contributed by atoms with Crippen molar-refractivity contribution < 1.29 is 19.5 Å². The maximum atomic E-state index is 12.3. The summed E-state index contributed by atoms with van der Waals surface area (Å²) < 4.78 is 0. The van der Waals surface area contributed by atoms with E-state index in [2.05, 4.69) is 12.8 Å². The smallest absolute Gasteiger partial charge is 0.303 e. The van der Waals surface area contributed by atoms with Gasteiger partial charge in [0.1, 0.15) is 5.78 Å². The van der Waals surface area contributed by atoms with E-state index in [-0.39, 0.29) is 35.7 Å². The Bertz CT molecular complexity index is 541. The van der Waals surface area contributed by atoms with Crippen molar-refractivity contribution >= 4 is 17.5 Å². The molecule has 1 rings (SSSR count). The predicted molar refractivity (Wildman–Crippen MR) is 103 cm³/mol. The highest BCUT2D eigenvalue weighted by atomic mass is 16.4. The molecule has 144 valence electrons. The number of unbranched alkanes of at least 4 members (excludes halogenated alkanes) is 5. The molecule has 26 heavy (non-hydrogen) atoms. The van der Waals surface area contributed by atoms with Crippen LogP contribution in [0.1, 0.15) is 77.6 Å². The quantitative estimate of drug-likeness (QED) is 0.297. The molecule has 0 heterocycles. The number of Topliss-reactive ketones (excluding diaryl/α,β-unsaturated/α-hetero) is 1. The van der Waals surface area contributed by atoms with Gasteiger partial charge >= 0.3 is 5.97 Å². The Hall–Kier alpha value is -1.89. The molecule has 1 N–H and O–H groups in total. The van der Waals surface area contributed by atoms with E-state index >= 15 is 0 Å². The van der Waals surface area contributed by atoms with Gasteiger partial charge in [-0.2, -0.15) is 0 Å². The maximum Gasteiger partial charge on any atom is 0.303 e. The van der Waals surface area contributed by atoms with Crippen molar-refractivity contribution in [3.05, 3.63) is 12.2 Å². The van der Waals surface area contributed by atoms with Crippen molar-refractivity contribution in [3.8, 4) is 12.3 Å². The summed E-state index contributed by atoms with van der Waals surface area (Å²) in [6.07, 6.45) is 17.4. The lowest BCUT2D eigenvalue weighted by Crippen LogP contribution is -2.16. The highest BCUT2D eigenvalue weighted by Gasteiger charge is 2.39. The molecule has 4 heteroatoms. The van der Waals surface area contributed by atoms with E-state index in [0.29, 0.717) is 19.3 Å². The van der Waals surface area contributed by atoms with Gasteiger partial charge in [-0.15, -0.1) is 12.3 Å². The molecule has 3 atom stereocenters. The van der Waals surface area contributed by atoms with Crippen LogP contribution in [0.4, 0.5) is 0 Å². The van der Waals surface area contributed by atoms with E-state index in [1.54, 1.807) is 6.08 Å². The van der Waals surface area contributed by atoms with Gasteiger partial charge in [-0.05, 0) is 25.3 Å². The van der Waals surface area contributed by atoms with Crippen LogP contribution in [0.15, 0.2) is 12.2 Å². The van der Waals surface area contributed by atoms with Crippen LogP contribution < -0.4 is 0 Å². The first-order valence-electron chi connectivity index (χ1n) is 9.91. The van der Waals surface area contributed by atoms with Crippen molar-refractivity contribution in [2.45, 2.75) is 77.6 Å². The van der Waals surface area contributed by atoms with Crippen molar-refractivity contribution in [1.82, 2.24) is 0 Å². The molecule has 0 aliphatic heterocycles. The zero-order chi connectivity index (χ0) is 19.4. The number of ketones is 2. The molecule has 1 aliphatic carbocycles. The Balaban J connectivity index is 2.50. The summed E-state index contributed by atoms with van der Waals surface area (Å²) in [5, 5.41) is 8.64. The number of carbonyl (C=O) groups is 3. The molecule has 0 spiro atoms. The Morgan fingerprint density at radius 1 is 1.15 bits per heavy atom. The fourth-order valence-electron chi connectivity index (χ4n) is 3.64. The molecule has 0 aromatic heterocycles. The number of allylic oxidation sites excluding steroid dienone is 2. The second-order valence-electron chi connectivity index (χ2n) is 7.26. The first kappa shape index (κ1) is 22.2. The van der Waals surface area contributed by atoms with Crippen LogP contribution in [-0.4, -0.2) is 22.6 Å². The van der Waals surface area contributed by atoms with Crippen molar-refractivity contribution in [2.75, 3.05) is 0 Å². The second kappa shape index (κ2) is 12.5. The van der Waals surface area contributed by atoms with E-state index in [1.807, 2.05) is 6.08 Å². The van der Waals surface area contributed by atoms with Crippen LogP contribution in [0, 0.1) is 30.1 Å². The van der Waals surface area contributed by atoms with Crippen molar-refractivity contribution in [1.29, 1.82) is 0 Å². The topological polar surface area (TPSA) is 71.4 Å². The molecule has 0 bridgehead atoms. The standard InChI is InChI=1S/C22H32O4/c1-3-5-8-11-18(23)14-15-19-17(4-2)16-21(24)20(19)12-9-6-7-10-13-22(25)26/h2,14-15,17,19-20H,3,5-13,16H2,1H3,(H,25,26)/t17?,19-,20+/m0/s1. The average Bonchev–Trinajstić information content (AvgIpc) is 2.91. The van der Waals surface area contributed by atoms with Gasteiger partial charge in [-0.1, -0.05) is 45.1 Å². The third kappa shape index (κ3) is 7.99. The fraction of sp³-hybridized carbons (Fsp3) is 0.682. The summed E-state index contributed by atoms with van der Waals surface area (Å²) >= 11 is 0. The number of carbonyl (C=O) groups excluding carboxylic acids is 2. The monoisotopic (exact) mass is 360 g/mol. The lowest BCUT2D eigenvalue weighted by atomic mass is 9.85. The zero-order valence-electron chi connectivity index (χ0n) is 15.9. The van der Waals surface area contributed by atoms with Crippen LogP contribution in [0.25, 0.3) is 0 Å². The Morgan fingerprint density at radius 2 is 1.85 bits per heavy atom. The van der Waals surface area contributed by atoms with Gasteiger partial charge in [0, 0.05) is 37.0 Å². The molecule has 0 radical (unpaired) electrons. The molecule has 1 unspecified atom stereocenters. The molecule has 1 aliphatic rings. The number of hydrogen-bond donors (Lipinski definition) is 1. The van der Waals surface area contributed by atoms with E-state index in [4.69, 9.17) is 11.5 Å². The Morgan fingerprint density at radius 3 is 2.50 bits per heavy atom. The first-order chi connectivity index (χ1) is 12.5. The molecule has 0 aromatic carbocycles. The van der Waals surface area contributed by atoms with E-state index in [9.17, 15) is 14.4 Å². The maximum absolute atomic E-state index is 12.3. The van der Waals surface area contributed by atoms with Gasteiger partial charge < -0.3 is 5.11 Å². The van der Waals surface area contributed by atoms with E-state index < -0.39 is 5.97 Å². The van der Waals surface area contributed by atoms with Crippen LogP contribution in [0.5, 0.6) is 0 Å². The molecule has 1 saturated carbocycles. The zero-order valence-corrected chi connectivity index (χ0v) is 15.9. The van der Waals surface area contributed by atoms with Crippen molar-refractivity contribution in [2.24, 2.45) is 17.8 Å². The van der Waals surface area contributed by atoms with Gasteiger partial charge in [0.05, 0.1) is 0 Å². The fourth-order valence-corrected chi connectivity index (χ4v) is 3.64. The molecule has 0 aromatic rings. The first-order valence-corrected chi connectivity index (χ1v) is 9.91. The van der Waals surface area contributed by atoms with E-state index in [0.717, 1.165) is 44.9 Å². The number of rotatable bonds is 13. The molecular weight excluding hydrogens is 328 g/mol. The molecule has 0 amide bonds. The van der Waals surface area contributed by atoms with Gasteiger partial charge in [0.2, 0.25) is 0 Å². The van der Waals surface area contributed by atoms with Gasteiger partial charge in [-0.3, -0.25) is 14.4 Å². The summed E-state index contributed by atoms with van der Waals surface area (Å²) in [5.74, 6) is 2.02. The summed E-state index contributed by atoms with van der Waals surface area (Å²) in [5.41, 5.74) is 0. The van der Waals surface area contributed by atoms with Crippen LogP contribution in [0.2, 0.25) is 0 Å².